The van der Waals surface area contributed by atoms with Crippen LogP contribution in [0.1, 0.15) is 17.6 Å². The Balaban J connectivity index is 1.59. The third-order valence-electron chi connectivity index (χ3n) is 3.67. The molecule has 0 saturated carbocycles. The summed E-state index contributed by atoms with van der Waals surface area (Å²) in [6.45, 7) is 2.65. The van der Waals surface area contributed by atoms with Crippen LogP contribution in [0.15, 0.2) is 23.3 Å². The minimum absolute atomic E-state index is 0.0485. The quantitative estimate of drug-likeness (QED) is 0.889. The Morgan fingerprint density at radius 3 is 3.14 bits per heavy atom. The highest BCUT2D eigenvalue weighted by molar-refractivity contribution is 7.07. The van der Waals surface area contributed by atoms with Crippen molar-refractivity contribution >= 4 is 17.4 Å². The van der Waals surface area contributed by atoms with Gasteiger partial charge in [-0.15, -0.1) is 11.3 Å². The number of carbonyl (C=O) groups excluding carboxylic acids is 1. The summed E-state index contributed by atoms with van der Waals surface area (Å²) in [5.74, 6) is 0.898. The first-order valence-corrected chi connectivity index (χ1v) is 7.77. The van der Waals surface area contributed by atoms with Crippen LogP contribution in [-0.4, -0.2) is 57.5 Å². The molecule has 1 aliphatic heterocycles. The Morgan fingerprint density at radius 2 is 2.43 bits per heavy atom. The highest BCUT2D eigenvalue weighted by atomic mass is 32.1. The molecule has 2 aromatic heterocycles. The number of thiazole rings is 1. The molecular weight excluding hydrogens is 288 g/mol. The number of amides is 2. The maximum absolute atomic E-state index is 12.3. The predicted octanol–water partition coefficient (Wildman–Crippen LogP) is 1.06. The molecule has 7 nitrogen and oxygen atoms in total. The van der Waals surface area contributed by atoms with E-state index >= 15 is 0 Å². The molecule has 1 fully saturated rings. The van der Waals surface area contributed by atoms with Gasteiger partial charge < -0.3 is 15.2 Å². The fourth-order valence-electron chi connectivity index (χ4n) is 2.42. The molecule has 2 aromatic rings. The van der Waals surface area contributed by atoms with E-state index in [-0.39, 0.29) is 12.1 Å². The lowest BCUT2D eigenvalue weighted by Gasteiger charge is -2.38. The molecule has 3 rings (SSSR count). The van der Waals surface area contributed by atoms with Gasteiger partial charge in [-0.2, -0.15) is 0 Å². The zero-order valence-corrected chi connectivity index (χ0v) is 12.6. The van der Waals surface area contributed by atoms with E-state index in [9.17, 15) is 4.79 Å². The number of rotatable bonds is 3. The number of nitrogens with zero attached hydrogens (tertiary/aromatic N) is 4. The Morgan fingerprint density at radius 1 is 1.52 bits per heavy atom. The summed E-state index contributed by atoms with van der Waals surface area (Å²) >= 11 is 1.53. The Bertz CT molecular complexity index is 570. The van der Waals surface area contributed by atoms with Gasteiger partial charge in [-0.05, 0) is 7.05 Å². The maximum atomic E-state index is 12.3. The topological polar surface area (TPSA) is 77.2 Å². The molecule has 2 N–H and O–H groups in total. The lowest BCUT2D eigenvalue weighted by Crippen LogP contribution is -2.52. The number of likely N-dealkylation sites (N-methyl/N-ethyl adjacent to an activating group) is 1. The van der Waals surface area contributed by atoms with E-state index in [0.29, 0.717) is 13.1 Å². The first kappa shape index (κ1) is 14.0. The molecule has 1 aliphatic rings. The highest BCUT2D eigenvalue weighted by Crippen LogP contribution is 2.20. The van der Waals surface area contributed by atoms with Crippen molar-refractivity contribution in [1.82, 2.24) is 30.1 Å². The number of nitrogens with one attached hydrogen (secondary N) is 2. The normalized spacial score (nSPS) is 19.7. The maximum Gasteiger partial charge on any atom is 0.317 e. The van der Waals surface area contributed by atoms with Crippen molar-refractivity contribution in [3.05, 3.63) is 34.8 Å². The molecule has 0 aromatic carbocycles. The molecule has 8 heteroatoms. The average Bonchev–Trinajstić information content (AvgIpc) is 3.18. The predicted molar refractivity (Wildman–Crippen MR) is 79.9 cm³/mol. The van der Waals surface area contributed by atoms with Gasteiger partial charge in [-0.1, -0.05) is 0 Å². The van der Waals surface area contributed by atoms with Gasteiger partial charge in [0.25, 0.3) is 0 Å². The minimum atomic E-state index is -0.0485. The summed E-state index contributed by atoms with van der Waals surface area (Å²) in [6, 6.07) is 0.0615. The van der Waals surface area contributed by atoms with Crippen LogP contribution in [0.5, 0.6) is 0 Å². The van der Waals surface area contributed by atoms with Crippen molar-refractivity contribution in [3.63, 3.8) is 0 Å². The molecular formula is C13H18N6OS. The number of piperazine rings is 1. The zero-order chi connectivity index (χ0) is 14.7. The number of hydrogen-bond acceptors (Lipinski definition) is 5. The number of hydrogen-bond donors (Lipinski definition) is 2. The molecule has 21 heavy (non-hydrogen) atoms. The number of aromatic nitrogens is 3. The van der Waals surface area contributed by atoms with Crippen molar-refractivity contribution in [3.8, 4) is 0 Å². The largest absolute Gasteiger partial charge is 0.347 e. The van der Waals surface area contributed by atoms with Gasteiger partial charge in [0.05, 0.1) is 23.8 Å². The van der Waals surface area contributed by atoms with Crippen LogP contribution in [0, 0.1) is 0 Å². The van der Waals surface area contributed by atoms with E-state index in [1.165, 1.54) is 11.3 Å². The van der Waals surface area contributed by atoms with Crippen LogP contribution in [0.25, 0.3) is 0 Å². The molecule has 0 aliphatic carbocycles. The number of imidazole rings is 1. The van der Waals surface area contributed by atoms with Gasteiger partial charge in [0.15, 0.2) is 0 Å². The van der Waals surface area contributed by atoms with E-state index in [1.54, 1.807) is 11.7 Å². The number of carbonyl (C=O) groups is 1. The summed E-state index contributed by atoms with van der Waals surface area (Å²) in [4.78, 5) is 27.9. The van der Waals surface area contributed by atoms with Crippen LogP contribution in [0.4, 0.5) is 4.79 Å². The molecule has 0 bridgehead atoms. The smallest absolute Gasteiger partial charge is 0.317 e. The lowest BCUT2D eigenvalue weighted by molar-refractivity contribution is 0.106. The SMILES string of the molecule is CN1CCN(C(=O)NCc2cscn2)CC1c1ncc[nH]1. The average molecular weight is 306 g/mol. The second-order valence-corrected chi connectivity index (χ2v) is 5.77. The van der Waals surface area contributed by atoms with Crippen LogP contribution < -0.4 is 5.32 Å². The fourth-order valence-corrected chi connectivity index (χ4v) is 2.97. The summed E-state index contributed by atoms with van der Waals surface area (Å²) in [5.41, 5.74) is 2.66. The standard InChI is InChI=1S/C13H18N6OS/c1-18-4-5-19(7-11(18)12-14-2-3-15-12)13(20)16-6-10-8-21-9-17-10/h2-3,8-9,11H,4-7H2,1H3,(H,14,15)(H,16,20). The van der Waals surface area contributed by atoms with Gasteiger partial charge >= 0.3 is 6.03 Å². The Kier molecular flexibility index (Phi) is 4.16. The number of urea groups is 1. The first-order valence-electron chi connectivity index (χ1n) is 6.83. The Hall–Kier alpha value is -1.93. The van der Waals surface area contributed by atoms with E-state index in [1.807, 2.05) is 16.5 Å². The van der Waals surface area contributed by atoms with Crippen LogP contribution >= 0.6 is 11.3 Å². The third-order valence-corrected chi connectivity index (χ3v) is 4.31. The third kappa shape index (κ3) is 3.22. The number of aromatic amines is 1. The van der Waals surface area contributed by atoms with Gasteiger partial charge in [0.2, 0.25) is 0 Å². The van der Waals surface area contributed by atoms with Gasteiger partial charge in [-0.25, -0.2) is 14.8 Å². The van der Waals surface area contributed by atoms with Crippen LogP contribution in [0.2, 0.25) is 0 Å². The van der Waals surface area contributed by atoms with Gasteiger partial charge in [0, 0.05) is 37.4 Å². The van der Waals surface area contributed by atoms with E-state index in [0.717, 1.165) is 24.6 Å². The first-order chi connectivity index (χ1) is 10.2. The van der Waals surface area contributed by atoms with Crippen molar-refractivity contribution in [1.29, 1.82) is 0 Å². The fraction of sp³-hybridized carbons (Fsp3) is 0.462. The summed E-state index contributed by atoms with van der Waals surface area (Å²) < 4.78 is 0. The highest BCUT2D eigenvalue weighted by Gasteiger charge is 2.29. The molecule has 1 saturated heterocycles. The van der Waals surface area contributed by atoms with Crippen molar-refractivity contribution in [2.75, 3.05) is 26.7 Å². The van der Waals surface area contributed by atoms with Gasteiger partial charge in [-0.3, -0.25) is 4.90 Å². The van der Waals surface area contributed by atoms with Gasteiger partial charge in [0.1, 0.15) is 5.82 Å². The van der Waals surface area contributed by atoms with E-state index in [2.05, 4.69) is 32.2 Å². The summed E-state index contributed by atoms with van der Waals surface area (Å²) in [5, 5.41) is 4.86. The summed E-state index contributed by atoms with van der Waals surface area (Å²) in [7, 11) is 2.05. The van der Waals surface area contributed by atoms with Crippen LogP contribution in [-0.2, 0) is 6.54 Å². The van der Waals surface area contributed by atoms with E-state index < -0.39 is 0 Å². The number of H-pyrrole nitrogens is 1. The molecule has 2 amide bonds. The van der Waals surface area contributed by atoms with E-state index in [4.69, 9.17) is 0 Å². The molecule has 0 radical (unpaired) electrons. The van der Waals surface area contributed by atoms with Crippen molar-refractivity contribution in [2.24, 2.45) is 0 Å². The minimum Gasteiger partial charge on any atom is -0.347 e. The second kappa shape index (κ2) is 6.23. The second-order valence-electron chi connectivity index (χ2n) is 5.06. The lowest BCUT2D eigenvalue weighted by atomic mass is 10.1. The Labute approximate surface area is 127 Å². The molecule has 3 heterocycles. The molecule has 1 atom stereocenters. The molecule has 112 valence electrons. The monoisotopic (exact) mass is 306 g/mol. The van der Waals surface area contributed by atoms with Crippen LogP contribution in [0.3, 0.4) is 0 Å². The van der Waals surface area contributed by atoms with Crippen molar-refractivity contribution in [2.45, 2.75) is 12.6 Å². The summed E-state index contributed by atoms with van der Waals surface area (Å²) in [6.07, 6.45) is 3.55. The molecule has 1 unspecified atom stereocenters. The van der Waals surface area contributed by atoms with Crippen molar-refractivity contribution < 1.29 is 4.79 Å². The zero-order valence-electron chi connectivity index (χ0n) is 11.8. The molecule has 0 spiro atoms.